The molecule has 1 atom stereocenters. The number of carbonyl (C=O) groups is 1. The molecule has 3 rings (SSSR count). The molecule has 2 saturated heterocycles. The van der Waals surface area contributed by atoms with Gasteiger partial charge in [-0.25, -0.2) is 0 Å². The molecule has 2 aliphatic heterocycles. The van der Waals surface area contributed by atoms with E-state index in [0.717, 1.165) is 38.3 Å². The van der Waals surface area contributed by atoms with Crippen molar-refractivity contribution in [1.29, 1.82) is 0 Å². The Morgan fingerprint density at radius 2 is 1.96 bits per heavy atom. The largest absolute Gasteiger partial charge is 0.484 e. The Morgan fingerprint density at radius 1 is 1.22 bits per heavy atom. The number of carbonyl (C=O) groups excluding carboxylic acids is 1. The van der Waals surface area contributed by atoms with E-state index in [1.54, 1.807) is 0 Å². The van der Waals surface area contributed by atoms with Gasteiger partial charge in [0.05, 0.1) is 0 Å². The lowest BCUT2D eigenvalue weighted by molar-refractivity contribution is -0.137. The van der Waals surface area contributed by atoms with Gasteiger partial charge in [-0.1, -0.05) is 24.3 Å². The van der Waals surface area contributed by atoms with Crippen molar-refractivity contribution in [3.8, 4) is 5.75 Å². The van der Waals surface area contributed by atoms with Crippen LogP contribution in [0.15, 0.2) is 43.0 Å². The number of piperidine rings is 1. The Labute approximate surface area is 138 Å². The van der Waals surface area contributed by atoms with Gasteiger partial charge in [-0.05, 0) is 44.4 Å². The molecule has 0 aliphatic carbocycles. The SMILES string of the molecule is C=CCN1CCCC12CCCN(C(=O)COc1ccccc1)C2. The number of ether oxygens (including phenoxy) is 1. The zero-order chi connectivity index (χ0) is 16.1. The van der Waals surface area contributed by atoms with Crippen molar-refractivity contribution in [3.05, 3.63) is 43.0 Å². The van der Waals surface area contributed by atoms with Crippen molar-refractivity contribution in [3.63, 3.8) is 0 Å². The van der Waals surface area contributed by atoms with E-state index in [9.17, 15) is 4.79 Å². The monoisotopic (exact) mass is 314 g/mol. The Morgan fingerprint density at radius 3 is 2.70 bits per heavy atom. The van der Waals surface area contributed by atoms with Gasteiger partial charge in [-0.2, -0.15) is 0 Å². The molecule has 2 heterocycles. The van der Waals surface area contributed by atoms with E-state index in [2.05, 4.69) is 11.5 Å². The van der Waals surface area contributed by atoms with Crippen LogP contribution in [0.3, 0.4) is 0 Å². The highest BCUT2D eigenvalue weighted by molar-refractivity contribution is 5.78. The third-order valence-electron chi connectivity index (χ3n) is 5.10. The number of rotatable bonds is 5. The summed E-state index contributed by atoms with van der Waals surface area (Å²) in [5.74, 6) is 0.847. The summed E-state index contributed by atoms with van der Waals surface area (Å²) < 4.78 is 5.63. The van der Waals surface area contributed by atoms with Crippen LogP contribution in [0.1, 0.15) is 25.7 Å². The molecule has 4 heteroatoms. The smallest absolute Gasteiger partial charge is 0.260 e. The summed E-state index contributed by atoms with van der Waals surface area (Å²) in [6.45, 7) is 7.72. The van der Waals surface area contributed by atoms with Gasteiger partial charge >= 0.3 is 0 Å². The first-order valence-corrected chi connectivity index (χ1v) is 8.55. The molecule has 1 aromatic rings. The van der Waals surface area contributed by atoms with Crippen LogP contribution in [0.2, 0.25) is 0 Å². The van der Waals surface area contributed by atoms with Crippen LogP contribution >= 0.6 is 0 Å². The first-order valence-electron chi connectivity index (χ1n) is 8.55. The molecule has 1 spiro atoms. The molecular formula is C19H26N2O2. The highest BCUT2D eigenvalue weighted by Gasteiger charge is 2.44. The zero-order valence-electron chi connectivity index (χ0n) is 13.7. The molecule has 1 aromatic carbocycles. The van der Waals surface area contributed by atoms with Crippen molar-refractivity contribution in [2.75, 3.05) is 32.8 Å². The number of amides is 1. The second kappa shape index (κ2) is 7.18. The second-order valence-corrected chi connectivity index (χ2v) is 6.58. The Kier molecular flexibility index (Phi) is 5.01. The summed E-state index contributed by atoms with van der Waals surface area (Å²) in [6, 6.07) is 9.54. The number of nitrogens with zero attached hydrogens (tertiary/aromatic N) is 2. The van der Waals surface area contributed by atoms with Crippen LogP contribution in [-0.2, 0) is 4.79 Å². The van der Waals surface area contributed by atoms with E-state index < -0.39 is 0 Å². The predicted octanol–water partition coefficient (Wildman–Crippen LogP) is 2.71. The quantitative estimate of drug-likeness (QED) is 0.784. The summed E-state index contributed by atoms with van der Waals surface area (Å²) in [4.78, 5) is 17.0. The van der Waals surface area contributed by atoms with Crippen LogP contribution in [0.4, 0.5) is 0 Å². The fourth-order valence-electron chi connectivity index (χ4n) is 3.98. The molecule has 1 amide bonds. The molecule has 2 aliphatic rings. The van der Waals surface area contributed by atoms with Crippen LogP contribution in [0.25, 0.3) is 0 Å². The summed E-state index contributed by atoms with van der Waals surface area (Å²) in [7, 11) is 0. The van der Waals surface area contributed by atoms with Crippen LogP contribution in [-0.4, -0.2) is 54.0 Å². The van der Waals surface area contributed by atoms with Crippen molar-refractivity contribution in [1.82, 2.24) is 9.80 Å². The lowest BCUT2D eigenvalue weighted by Gasteiger charge is -2.45. The summed E-state index contributed by atoms with van der Waals surface area (Å²) in [5, 5.41) is 0. The normalized spacial score (nSPS) is 24.8. The summed E-state index contributed by atoms with van der Waals surface area (Å²) >= 11 is 0. The molecule has 0 radical (unpaired) electrons. The minimum absolute atomic E-state index is 0.0957. The highest BCUT2D eigenvalue weighted by Crippen LogP contribution is 2.37. The molecular weight excluding hydrogens is 288 g/mol. The number of hydrogen-bond donors (Lipinski definition) is 0. The fraction of sp³-hybridized carbons (Fsp3) is 0.526. The standard InChI is InChI=1S/C19H26N2O2/c1-2-12-21-14-7-11-19(21)10-6-13-20(16-19)18(22)15-23-17-8-4-3-5-9-17/h2-5,8-9H,1,6-7,10-16H2. The van der Waals surface area contributed by atoms with Gasteiger partial charge in [0.1, 0.15) is 5.75 Å². The Hall–Kier alpha value is -1.81. The number of hydrogen-bond acceptors (Lipinski definition) is 3. The van der Waals surface area contributed by atoms with E-state index in [-0.39, 0.29) is 18.1 Å². The topological polar surface area (TPSA) is 32.8 Å². The third-order valence-corrected chi connectivity index (χ3v) is 5.10. The van der Waals surface area contributed by atoms with E-state index in [0.29, 0.717) is 0 Å². The van der Waals surface area contributed by atoms with Gasteiger partial charge in [0, 0.05) is 25.2 Å². The molecule has 0 saturated carbocycles. The lowest BCUT2D eigenvalue weighted by atomic mass is 9.86. The molecule has 0 aromatic heterocycles. The van der Waals surface area contributed by atoms with Gasteiger partial charge in [0.15, 0.2) is 6.61 Å². The first kappa shape index (κ1) is 16.1. The van der Waals surface area contributed by atoms with Gasteiger partial charge in [-0.3, -0.25) is 9.69 Å². The van der Waals surface area contributed by atoms with Gasteiger partial charge in [0.2, 0.25) is 0 Å². The molecule has 23 heavy (non-hydrogen) atoms. The lowest BCUT2D eigenvalue weighted by Crippen LogP contribution is -2.57. The van der Waals surface area contributed by atoms with Gasteiger partial charge in [-0.15, -0.1) is 6.58 Å². The van der Waals surface area contributed by atoms with Gasteiger partial charge in [0.25, 0.3) is 5.91 Å². The second-order valence-electron chi connectivity index (χ2n) is 6.58. The van der Waals surface area contributed by atoms with E-state index in [1.165, 1.54) is 19.3 Å². The predicted molar refractivity (Wildman–Crippen MR) is 91.5 cm³/mol. The van der Waals surface area contributed by atoms with E-state index in [1.807, 2.05) is 41.3 Å². The third kappa shape index (κ3) is 3.58. The number of likely N-dealkylation sites (tertiary alicyclic amines) is 2. The maximum atomic E-state index is 12.5. The van der Waals surface area contributed by atoms with Crippen molar-refractivity contribution in [2.45, 2.75) is 31.2 Å². The maximum Gasteiger partial charge on any atom is 0.260 e. The first-order chi connectivity index (χ1) is 11.2. The molecule has 4 nitrogen and oxygen atoms in total. The van der Waals surface area contributed by atoms with Crippen molar-refractivity contribution < 1.29 is 9.53 Å². The van der Waals surface area contributed by atoms with E-state index in [4.69, 9.17) is 4.74 Å². The van der Waals surface area contributed by atoms with Crippen LogP contribution < -0.4 is 4.74 Å². The van der Waals surface area contributed by atoms with Crippen LogP contribution in [0, 0.1) is 0 Å². The Bertz CT molecular complexity index is 546. The molecule has 124 valence electrons. The van der Waals surface area contributed by atoms with Gasteiger partial charge < -0.3 is 9.64 Å². The number of para-hydroxylation sites is 1. The molecule has 0 bridgehead atoms. The maximum absolute atomic E-state index is 12.5. The number of benzene rings is 1. The average Bonchev–Trinajstić information content (AvgIpc) is 2.96. The highest BCUT2D eigenvalue weighted by atomic mass is 16.5. The molecule has 0 N–H and O–H groups in total. The van der Waals surface area contributed by atoms with Crippen molar-refractivity contribution >= 4 is 5.91 Å². The Balaban J connectivity index is 1.59. The van der Waals surface area contributed by atoms with Crippen molar-refractivity contribution in [2.24, 2.45) is 0 Å². The minimum atomic E-state index is 0.0957. The fourth-order valence-corrected chi connectivity index (χ4v) is 3.98. The minimum Gasteiger partial charge on any atom is -0.484 e. The van der Waals surface area contributed by atoms with E-state index >= 15 is 0 Å². The average molecular weight is 314 g/mol. The molecule has 2 fully saturated rings. The molecule has 1 unspecified atom stereocenters. The zero-order valence-corrected chi connectivity index (χ0v) is 13.7. The summed E-state index contributed by atoms with van der Waals surface area (Å²) in [5.41, 5.74) is 0.162. The summed E-state index contributed by atoms with van der Waals surface area (Å²) in [6.07, 6.45) is 6.64. The van der Waals surface area contributed by atoms with Crippen LogP contribution in [0.5, 0.6) is 5.75 Å².